The summed E-state index contributed by atoms with van der Waals surface area (Å²) < 4.78 is 5.47. The molecule has 0 saturated heterocycles. The first-order valence-electron chi connectivity index (χ1n) is 7.90. The predicted molar refractivity (Wildman–Crippen MR) is 99.3 cm³/mol. The zero-order valence-electron chi connectivity index (χ0n) is 14.6. The number of rotatable bonds is 6. The Balaban J connectivity index is 2.00. The molecule has 6 nitrogen and oxygen atoms in total. The first-order chi connectivity index (χ1) is 12.4. The smallest absolute Gasteiger partial charge is 0.262 e. The van der Waals surface area contributed by atoms with Gasteiger partial charge in [-0.3, -0.25) is 9.59 Å². The molecular formula is C20H19N3O3. The minimum Gasteiger partial charge on any atom is -0.484 e. The summed E-state index contributed by atoms with van der Waals surface area (Å²) in [5.74, 6) is -0.647. The first-order valence-corrected chi connectivity index (χ1v) is 7.90. The molecule has 0 fully saturated rings. The predicted octanol–water partition coefficient (Wildman–Crippen LogP) is 2.71. The Morgan fingerprint density at radius 1 is 1.19 bits per heavy atom. The summed E-state index contributed by atoms with van der Waals surface area (Å²) in [6, 6.07) is 14.1. The highest BCUT2D eigenvalue weighted by molar-refractivity contribution is 6.00. The van der Waals surface area contributed by atoms with Crippen LogP contribution >= 0.6 is 0 Å². The first kappa shape index (κ1) is 18.7. The lowest BCUT2D eigenvalue weighted by molar-refractivity contribution is -0.118. The van der Waals surface area contributed by atoms with Gasteiger partial charge in [0.2, 0.25) is 0 Å². The van der Waals surface area contributed by atoms with Crippen molar-refractivity contribution in [1.29, 1.82) is 5.26 Å². The summed E-state index contributed by atoms with van der Waals surface area (Å²) in [5.41, 5.74) is 8.47. The lowest BCUT2D eigenvalue weighted by Crippen LogP contribution is -2.20. The van der Waals surface area contributed by atoms with E-state index in [1.54, 1.807) is 30.3 Å². The van der Waals surface area contributed by atoms with Crippen molar-refractivity contribution in [2.24, 2.45) is 5.73 Å². The third-order valence-electron chi connectivity index (χ3n) is 3.72. The number of amides is 2. The summed E-state index contributed by atoms with van der Waals surface area (Å²) in [6.07, 6.45) is 1.37. The number of carbonyl (C=O) groups excluding carboxylic acids is 2. The molecule has 0 aromatic heterocycles. The molecule has 0 aliphatic heterocycles. The quantitative estimate of drug-likeness (QED) is 0.618. The maximum atomic E-state index is 12.0. The van der Waals surface area contributed by atoms with Crippen molar-refractivity contribution in [3.63, 3.8) is 0 Å². The fourth-order valence-corrected chi connectivity index (χ4v) is 2.18. The van der Waals surface area contributed by atoms with Crippen LogP contribution in [0.5, 0.6) is 5.75 Å². The topological polar surface area (TPSA) is 105 Å². The standard InChI is InChI=1S/C20H19N3O3/c1-13-6-7-17(8-14(13)2)23-19(24)12-26-18-5-3-4-15(10-18)9-16(11-21)20(22)25/h3-10H,12H2,1-2H3,(H2,22,25)(H,23,24)/b16-9-. The van der Waals surface area contributed by atoms with Crippen LogP contribution in [0.2, 0.25) is 0 Å². The highest BCUT2D eigenvalue weighted by Gasteiger charge is 2.06. The van der Waals surface area contributed by atoms with Crippen molar-refractivity contribution in [1.82, 2.24) is 0 Å². The molecule has 2 amide bonds. The molecule has 2 aromatic rings. The van der Waals surface area contributed by atoms with Gasteiger partial charge in [0.15, 0.2) is 6.61 Å². The molecule has 0 bridgehead atoms. The van der Waals surface area contributed by atoms with E-state index in [2.05, 4.69) is 5.32 Å². The van der Waals surface area contributed by atoms with Crippen LogP contribution < -0.4 is 15.8 Å². The molecule has 2 aromatic carbocycles. The number of nitrogens with two attached hydrogens (primary N) is 1. The van der Waals surface area contributed by atoms with Crippen LogP contribution in [0, 0.1) is 25.2 Å². The molecule has 0 aliphatic carbocycles. The Kier molecular flexibility index (Phi) is 6.12. The summed E-state index contributed by atoms with van der Waals surface area (Å²) in [6.45, 7) is 3.81. The van der Waals surface area contributed by atoms with E-state index in [9.17, 15) is 9.59 Å². The fraction of sp³-hybridized carbons (Fsp3) is 0.150. The molecule has 26 heavy (non-hydrogen) atoms. The average molecular weight is 349 g/mol. The van der Waals surface area contributed by atoms with Crippen molar-refractivity contribution in [3.05, 3.63) is 64.7 Å². The lowest BCUT2D eigenvalue weighted by atomic mass is 10.1. The molecule has 0 unspecified atom stereocenters. The van der Waals surface area contributed by atoms with Gasteiger partial charge in [0.1, 0.15) is 17.4 Å². The normalized spacial score (nSPS) is 10.7. The number of hydrogen-bond donors (Lipinski definition) is 2. The van der Waals surface area contributed by atoms with E-state index in [1.807, 2.05) is 32.0 Å². The van der Waals surface area contributed by atoms with E-state index in [0.717, 1.165) is 11.1 Å². The van der Waals surface area contributed by atoms with Crippen molar-refractivity contribution < 1.29 is 14.3 Å². The second kappa shape index (κ2) is 8.49. The Morgan fingerprint density at radius 2 is 1.96 bits per heavy atom. The number of primary amides is 1. The second-order valence-electron chi connectivity index (χ2n) is 5.74. The maximum Gasteiger partial charge on any atom is 0.262 e. The summed E-state index contributed by atoms with van der Waals surface area (Å²) in [5, 5.41) is 11.6. The van der Waals surface area contributed by atoms with E-state index >= 15 is 0 Å². The number of nitrogens with one attached hydrogen (secondary N) is 1. The third-order valence-corrected chi connectivity index (χ3v) is 3.72. The van der Waals surface area contributed by atoms with Gasteiger partial charge in [0.05, 0.1) is 0 Å². The Bertz CT molecular complexity index is 911. The summed E-state index contributed by atoms with van der Waals surface area (Å²) in [4.78, 5) is 23.1. The molecule has 132 valence electrons. The third kappa shape index (κ3) is 5.21. The van der Waals surface area contributed by atoms with Gasteiger partial charge >= 0.3 is 0 Å². The van der Waals surface area contributed by atoms with E-state index in [-0.39, 0.29) is 18.1 Å². The van der Waals surface area contributed by atoms with Gasteiger partial charge in [-0.15, -0.1) is 0 Å². The maximum absolute atomic E-state index is 12.0. The molecule has 0 aliphatic rings. The monoisotopic (exact) mass is 349 g/mol. The molecule has 0 atom stereocenters. The number of nitrogens with zero attached hydrogens (tertiary/aromatic N) is 1. The highest BCUT2D eigenvalue weighted by atomic mass is 16.5. The second-order valence-corrected chi connectivity index (χ2v) is 5.74. The molecule has 0 heterocycles. The average Bonchev–Trinajstić information content (AvgIpc) is 2.61. The van der Waals surface area contributed by atoms with Gasteiger partial charge in [-0.25, -0.2) is 0 Å². The Labute approximate surface area is 151 Å². The number of aryl methyl sites for hydroxylation is 2. The molecule has 0 saturated carbocycles. The fourth-order valence-electron chi connectivity index (χ4n) is 2.18. The summed E-state index contributed by atoms with van der Waals surface area (Å²) in [7, 11) is 0. The largest absolute Gasteiger partial charge is 0.484 e. The number of benzene rings is 2. The lowest BCUT2D eigenvalue weighted by Gasteiger charge is -2.09. The Morgan fingerprint density at radius 3 is 2.62 bits per heavy atom. The van der Waals surface area contributed by atoms with Gasteiger partial charge in [-0.05, 0) is 60.9 Å². The zero-order valence-corrected chi connectivity index (χ0v) is 14.6. The van der Waals surface area contributed by atoms with Crippen molar-refractivity contribution >= 4 is 23.6 Å². The molecule has 0 spiro atoms. The van der Waals surface area contributed by atoms with Gasteiger partial charge in [0.25, 0.3) is 11.8 Å². The van der Waals surface area contributed by atoms with Crippen molar-refractivity contribution in [2.45, 2.75) is 13.8 Å². The minimum atomic E-state index is -0.799. The van der Waals surface area contributed by atoms with Gasteiger partial charge in [-0.1, -0.05) is 18.2 Å². The van der Waals surface area contributed by atoms with E-state index in [1.165, 1.54) is 6.08 Å². The number of nitriles is 1. The van der Waals surface area contributed by atoms with Crippen LogP contribution in [0.25, 0.3) is 6.08 Å². The van der Waals surface area contributed by atoms with Crippen molar-refractivity contribution in [2.75, 3.05) is 11.9 Å². The van der Waals surface area contributed by atoms with Crippen LogP contribution in [-0.2, 0) is 9.59 Å². The SMILES string of the molecule is Cc1ccc(NC(=O)COc2cccc(/C=C(/C#N)C(N)=O)c2)cc1C. The van der Waals surface area contributed by atoms with Crippen molar-refractivity contribution in [3.8, 4) is 11.8 Å². The van der Waals surface area contributed by atoms with Crippen LogP contribution in [0.1, 0.15) is 16.7 Å². The molecule has 6 heteroatoms. The van der Waals surface area contributed by atoms with Crippen LogP contribution in [-0.4, -0.2) is 18.4 Å². The molecule has 3 N–H and O–H groups in total. The summed E-state index contributed by atoms with van der Waals surface area (Å²) >= 11 is 0. The highest BCUT2D eigenvalue weighted by Crippen LogP contribution is 2.17. The van der Waals surface area contributed by atoms with Gasteiger partial charge in [-0.2, -0.15) is 5.26 Å². The van der Waals surface area contributed by atoms with E-state index in [4.69, 9.17) is 15.7 Å². The molecule has 2 rings (SSSR count). The van der Waals surface area contributed by atoms with Crippen LogP contribution in [0.4, 0.5) is 5.69 Å². The zero-order chi connectivity index (χ0) is 19.1. The Hall–Kier alpha value is -3.59. The molecular weight excluding hydrogens is 330 g/mol. The van der Waals surface area contributed by atoms with Gasteiger partial charge in [0, 0.05) is 5.69 Å². The van der Waals surface area contributed by atoms with Crippen LogP contribution in [0.15, 0.2) is 48.0 Å². The van der Waals surface area contributed by atoms with E-state index < -0.39 is 5.91 Å². The number of anilines is 1. The van der Waals surface area contributed by atoms with Gasteiger partial charge < -0.3 is 15.8 Å². The molecule has 0 radical (unpaired) electrons. The van der Waals surface area contributed by atoms with Crippen LogP contribution in [0.3, 0.4) is 0 Å². The number of carbonyl (C=O) groups is 2. The number of hydrogen-bond acceptors (Lipinski definition) is 4. The number of ether oxygens (including phenoxy) is 1. The van der Waals surface area contributed by atoms with E-state index in [0.29, 0.717) is 17.0 Å². The minimum absolute atomic E-state index is 0.158.